The first kappa shape index (κ1) is 16.3. The van der Waals surface area contributed by atoms with Crippen LogP contribution in [-0.2, 0) is 11.2 Å². The molecule has 1 aromatic carbocycles. The third-order valence-electron chi connectivity index (χ3n) is 6.02. The Morgan fingerprint density at radius 1 is 1.19 bits per heavy atom. The largest absolute Gasteiger partial charge is 0.361 e. The van der Waals surface area contributed by atoms with E-state index in [-0.39, 0.29) is 5.91 Å². The molecule has 0 saturated carbocycles. The van der Waals surface area contributed by atoms with Crippen molar-refractivity contribution in [2.24, 2.45) is 11.8 Å². The van der Waals surface area contributed by atoms with Crippen LogP contribution in [0.15, 0.2) is 43.0 Å². The van der Waals surface area contributed by atoms with Gasteiger partial charge in [0.1, 0.15) is 12.1 Å². The molecule has 0 spiro atoms. The number of nitrogens with one attached hydrogen (secondary N) is 1. The number of carbonyl (C=O) groups excluding carboxylic acids is 1. The summed E-state index contributed by atoms with van der Waals surface area (Å²) in [6.07, 6.45) is 5.93. The first-order valence-corrected chi connectivity index (χ1v) is 9.53. The number of amides is 1. The third-order valence-corrected chi connectivity index (χ3v) is 6.02. The number of aromatic nitrogens is 3. The minimum Gasteiger partial charge on any atom is -0.361 e. The van der Waals surface area contributed by atoms with Crippen LogP contribution >= 0.6 is 0 Å². The van der Waals surface area contributed by atoms with E-state index in [0.29, 0.717) is 18.3 Å². The van der Waals surface area contributed by atoms with Crippen molar-refractivity contribution in [1.29, 1.82) is 0 Å². The highest BCUT2D eigenvalue weighted by molar-refractivity contribution is 5.89. The van der Waals surface area contributed by atoms with Crippen molar-refractivity contribution in [1.82, 2.24) is 19.9 Å². The average molecular weight is 361 g/mol. The van der Waals surface area contributed by atoms with Gasteiger partial charge in [-0.2, -0.15) is 0 Å². The summed E-state index contributed by atoms with van der Waals surface area (Å²) < 4.78 is 0. The summed E-state index contributed by atoms with van der Waals surface area (Å²) in [4.78, 5) is 29.1. The summed E-state index contributed by atoms with van der Waals surface area (Å²) in [5.41, 5.74) is 3.30. The molecule has 138 valence electrons. The summed E-state index contributed by atoms with van der Waals surface area (Å²) in [5, 5.41) is 1.15. The molecular formula is C21H23N5O. The quantitative estimate of drug-likeness (QED) is 0.778. The van der Waals surface area contributed by atoms with E-state index < -0.39 is 0 Å². The number of aryl methyl sites for hydroxylation is 1. The zero-order chi connectivity index (χ0) is 18.4. The number of para-hydroxylation sites is 1. The Bertz CT molecular complexity index is 983. The maximum Gasteiger partial charge on any atom is 0.227 e. The lowest BCUT2D eigenvalue weighted by Gasteiger charge is -2.23. The lowest BCUT2D eigenvalue weighted by molar-refractivity contribution is -0.129. The Balaban J connectivity index is 1.25. The highest BCUT2D eigenvalue weighted by atomic mass is 16.2. The number of hydrogen-bond donors (Lipinski definition) is 1. The molecule has 2 fully saturated rings. The number of aromatic amines is 1. The molecule has 2 unspecified atom stereocenters. The molecule has 2 saturated heterocycles. The van der Waals surface area contributed by atoms with Crippen molar-refractivity contribution in [2.45, 2.75) is 13.3 Å². The smallest absolute Gasteiger partial charge is 0.227 e. The van der Waals surface area contributed by atoms with Gasteiger partial charge in [-0.05, 0) is 18.6 Å². The molecule has 4 heterocycles. The van der Waals surface area contributed by atoms with E-state index in [9.17, 15) is 4.79 Å². The number of fused-ring (bicyclic) bond motifs is 2. The molecule has 2 aliphatic rings. The monoisotopic (exact) mass is 361 g/mol. The van der Waals surface area contributed by atoms with Gasteiger partial charge in [0.2, 0.25) is 5.91 Å². The van der Waals surface area contributed by atoms with E-state index >= 15 is 0 Å². The number of H-pyrrole nitrogens is 1. The molecule has 2 aliphatic heterocycles. The Kier molecular flexibility index (Phi) is 3.85. The van der Waals surface area contributed by atoms with Gasteiger partial charge in [-0.25, -0.2) is 9.97 Å². The number of hydrogen-bond acceptors (Lipinski definition) is 4. The van der Waals surface area contributed by atoms with Crippen molar-refractivity contribution in [3.05, 3.63) is 54.1 Å². The number of anilines is 1. The summed E-state index contributed by atoms with van der Waals surface area (Å²) in [7, 11) is 0. The first-order valence-electron chi connectivity index (χ1n) is 9.53. The topological polar surface area (TPSA) is 65.1 Å². The van der Waals surface area contributed by atoms with Gasteiger partial charge in [0, 0.05) is 66.9 Å². The van der Waals surface area contributed by atoms with E-state index in [1.54, 1.807) is 6.33 Å². The summed E-state index contributed by atoms with van der Waals surface area (Å²) in [6.45, 7) is 5.71. The molecule has 3 aromatic rings. The minimum atomic E-state index is 0.235. The van der Waals surface area contributed by atoms with Gasteiger partial charge in [-0.1, -0.05) is 18.2 Å². The fourth-order valence-corrected chi connectivity index (χ4v) is 4.65. The molecule has 0 aliphatic carbocycles. The van der Waals surface area contributed by atoms with Gasteiger partial charge in [0.25, 0.3) is 0 Å². The van der Waals surface area contributed by atoms with Gasteiger partial charge in [-0.15, -0.1) is 0 Å². The van der Waals surface area contributed by atoms with E-state index in [1.165, 1.54) is 0 Å². The summed E-state index contributed by atoms with van der Waals surface area (Å²) in [6, 6.07) is 8.16. The van der Waals surface area contributed by atoms with E-state index in [2.05, 4.69) is 37.7 Å². The summed E-state index contributed by atoms with van der Waals surface area (Å²) in [5.74, 6) is 2.34. The van der Waals surface area contributed by atoms with Crippen LogP contribution in [0, 0.1) is 18.8 Å². The average Bonchev–Trinajstić information content (AvgIpc) is 3.35. The Morgan fingerprint density at radius 2 is 1.96 bits per heavy atom. The van der Waals surface area contributed by atoms with E-state index in [4.69, 9.17) is 0 Å². The fourth-order valence-electron chi connectivity index (χ4n) is 4.65. The second-order valence-corrected chi connectivity index (χ2v) is 7.79. The van der Waals surface area contributed by atoms with Crippen molar-refractivity contribution in [2.75, 3.05) is 31.1 Å². The van der Waals surface area contributed by atoms with Crippen LogP contribution in [0.2, 0.25) is 0 Å². The zero-order valence-corrected chi connectivity index (χ0v) is 15.4. The number of likely N-dealkylation sites (tertiary alicyclic amines) is 1. The normalized spacial score (nSPS) is 21.8. The minimum absolute atomic E-state index is 0.235. The predicted octanol–water partition coefficient (Wildman–Crippen LogP) is 2.40. The van der Waals surface area contributed by atoms with Crippen LogP contribution < -0.4 is 4.90 Å². The van der Waals surface area contributed by atoms with Crippen LogP contribution in [0.5, 0.6) is 0 Å². The van der Waals surface area contributed by atoms with Crippen molar-refractivity contribution >= 4 is 22.6 Å². The lowest BCUT2D eigenvalue weighted by Crippen LogP contribution is -2.34. The molecular weight excluding hydrogens is 338 g/mol. The van der Waals surface area contributed by atoms with Crippen molar-refractivity contribution in [3.8, 4) is 0 Å². The molecule has 1 N–H and O–H groups in total. The van der Waals surface area contributed by atoms with Gasteiger partial charge < -0.3 is 14.8 Å². The molecule has 2 atom stereocenters. The van der Waals surface area contributed by atoms with Crippen LogP contribution in [0.3, 0.4) is 0 Å². The SMILES string of the molecule is Cc1cncnc1N1CC2CN(C(=O)Cc3c[nH]c4ccccc34)CC2C1. The molecule has 27 heavy (non-hydrogen) atoms. The highest BCUT2D eigenvalue weighted by Gasteiger charge is 2.42. The lowest BCUT2D eigenvalue weighted by atomic mass is 10.0. The Hall–Kier alpha value is -2.89. The highest BCUT2D eigenvalue weighted by Crippen LogP contribution is 2.34. The fraction of sp³-hybridized carbons (Fsp3) is 0.381. The van der Waals surface area contributed by atoms with Gasteiger partial charge >= 0.3 is 0 Å². The molecule has 6 nitrogen and oxygen atoms in total. The van der Waals surface area contributed by atoms with Crippen LogP contribution in [0.25, 0.3) is 10.9 Å². The third kappa shape index (κ3) is 2.85. The Morgan fingerprint density at radius 3 is 2.74 bits per heavy atom. The standard InChI is InChI=1S/C21H23N5O/c1-14-7-22-13-24-21(14)26-11-16-9-25(10-17(16)12-26)20(27)6-15-8-23-19-5-3-2-4-18(15)19/h2-5,7-8,13,16-17,23H,6,9-12H2,1H3. The zero-order valence-electron chi connectivity index (χ0n) is 15.4. The number of rotatable bonds is 3. The van der Waals surface area contributed by atoms with E-state index in [1.807, 2.05) is 30.6 Å². The van der Waals surface area contributed by atoms with Crippen LogP contribution in [0.1, 0.15) is 11.1 Å². The molecule has 5 rings (SSSR count). The number of benzene rings is 1. The van der Waals surface area contributed by atoms with Gasteiger partial charge in [0.05, 0.1) is 6.42 Å². The van der Waals surface area contributed by atoms with E-state index in [0.717, 1.165) is 54.0 Å². The Labute approximate surface area is 158 Å². The van der Waals surface area contributed by atoms with Gasteiger partial charge in [0.15, 0.2) is 0 Å². The molecule has 6 heteroatoms. The maximum atomic E-state index is 12.9. The van der Waals surface area contributed by atoms with Crippen molar-refractivity contribution < 1.29 is 4.79 Å². The van der Waals surface area contributed by atoms with Crippen LogP contribution in [0.4, 0.5) is 5.82 Å². The number of nitrogens with zero attached hydrogens (tertiary/aromatic N) is 4. The molecule has 1 amide bonds. The second-order valence-electron chi connectivity index (χ2n) is 7.79. The van der Waals surface area contributed by atoms with Crippen LogP contribution in [-0.4, -0.2) is 51.9 Å². The molecule has 0 bridgehead atoms. The first-order chi connectivity index (χ1) is 13.2. The molecule has 0 radical (unpaired) electrons. The number of carbonyl (C=O) groups is 1. The molecule has 2 aromatic heterocycles. The second kappa shape index (κ2) is 6.37. The van der Waals surface area contributed by atoms with Gasteiger partial charge in [-0.3, -0.25) is 4.79 Å². The predicted molar refractivity (Wildman–Crippen MR) is 105 cm³/mol. The maximum absolute atomic E-state index is 12.9. The van der Waals surface area contributed by atoms with Crippen molar-refractivity contribution in [3.63, 3.8) is 0 Å². The summed E-state index contributed by atoms with van der Waals surface area (Å²) >= 11 is 0.